The summed E-state index contributed by atoms with van der Waals surface area (Å²) in [7, 11) is -3.69. The molecular formula is C21H20FN3O3S. The number of aromatic nitrogens is 1. The van der Waals surface area contributed by atoms with Crippen LogP contribution in [-0.4, -0.2) is 36.7 Å². The summed E-state index contributed by atoms with van der Waals surface area (Å²) in [4.78, 5) is 17.1. The first-order valence-corrected chi connectivity index (χ1v) is 10.8. The third-order valence-electron chi connectivity index (χ3n) is 5.13. The lowest BCUT2D eigenvalue weighted by Crippen LogP contribution is -2.41. The summed E-state index contributed by atoms with van der Waals surface area (Å²) in [6.45, 7) is 0.478. The van der Waals surface area contributed by atoms with Crippen LogP contribution in [0.5, 0.6) is 0 Å². The number of pyridine rings is 1. The second kappa shape index (κ2) is 7.88. The molecular weight excluding hydrogens is 393 g/mol. The van der Waals surface area contributed by atoms with Crippen LogP contribution in [0.4, 0.5) is 10.2 Å². The molecule has 0 bridgehead atoms. The average Bonchev–Trinajstić information content (AvgIpc) is 2.74. The van der Waals surface area contributed by atoms with E-state index in [9.17, 15) is 17.6 Å². The largest absolute Gasteiger partial charge is 0.310 e. The average molecular weight is 413 g/mol. The topological polar surface area (TPSA) is 79.4 Å². The summed E-state index contributed by atoms with van der Waals surface area (Å²) in [5.41, 5.74) is 0.797. The fourth-order valence-corrected chi connectivity index (χ4v) is 4.95. The maximum absolute atomic E-state index is 13.1. The van der Waals surface area contributed by atoms with Crippen LogP contribution in [0.15, 0.2) is 65.6 Å². The number of carbonyl (C=O) groups excluding carboxylic acids is 1. The van der Waals surface area contributed by atoms with E-state index in [2.05, 4.69) is 10.3 Å². The van der Waals surface area contributed by atoms with E-state index in [1.165, 1.54) is 16.4 Å². The van der Waals surface area contributed by atoms with Crippen LogP contribution in [0.3, 0.4) is 0 Å². The van der Waals surface area contributed by atoms with Gasteiger partial charge in [0.05, 0.1) is 10.4 Å². The van der Waals surface area contributed by atoms with E-state index in [-0.39, 0.29) is 29.8 Å². The zero-order chi connectivity index (χ0) is 20.4. The first-order chi connectivity index (χ1) is 13.9. The minimum absolute atomic E-state index is 0.0576. The number of fused-ring (bicyclic) bond motifs is 1. The van der Waals surface area contributed by atoms with Gasteiger partial charge in [0.1, 0.15) is 11.6 Å². The molecule has 1 amide bonds. The lowest BCUT2D eigenvalue weighted by atomic mass is 9.97. The number of nitrogens with zero attached hydrogens (tertiary/aromatic N) is 2. The number of amides is 1. The number of rotatable bonds is 4. The van der Waals surface area contributed by atoms with Crippen molar-refractivity contribution >= 4 is 32.7 Å². The molecule has 3 aromatic rings. The minimum Gasteiger partial charge on any atom is -0.310 e. The van der Waals surface area contributed by atoms with Gasteiger partial charge in [-0.2, -0.15) is 4.31 Å². The van der Waals surface area contributed by atoms with Gasteiger partial charge in [-0.25, -0.2) is 17.8 Å². The highest BCUT2D eigenvalue weighted by Crippen LogP contribution is 2.25. The molecule has 0 atom stereocenters. The Morgan fingerprint density at radius 3 is 2.41 bits per heavy atom. The molecule has 6 nitrogen and oxygen atoms in total. The monoisotopic (exact) mass is 413 g/mol. The number of piperidine rings is 1. The van der Waals surface area contributed by atoms with Crippen molar-refractivity contribution in [2.45, 2.75) is 17.7 Å². The summed E-state index contributed by atoms with van der Waals surface area (Å²) in [6.07, 6.45) is 0.833. The van der Waals surface area contributed by atoms with Crippen LogP contribution < -0.4 is 5.32 Å². The van der Waals surface area contributed by atoms with Crippen LogP contribution in [0.2, 0.25) is 0 Å². The Hall–Kier alpha value is -2.84. The number of carbonyl (C=O) groups is 1. The molecule has 150 valence electrons. The Balaban J connectivity index is 1.39. The van der Waals surface area contributed by atoms with Crippen LogP contribution >= 0.6 is 0 Å². The third kappa shape index (κ3) is 4.13. The van der Waals surface area contributed by atoms with Crippen molar-refractivity contribution in [1.29, 1.82) is 0 Å². The van der Waals surface area contributed by atoms with E-state index in [1.54, 1.807) is 6.07 Å². The van der Waals surface area contributed by atoms with Crippen molar-refractivity contribution in [3.8, 4) is 0 Å². The van der Waals surface area contributed by atoms with Crippen molar-refractivity contribution in [1.82, 2.24) is 9.29 Å². The van der Waals surface area contributed by atoms with Gasteiger partial charge in [0, 0.05) is 24.4 Å². The summed E-state index contributed by atoms with van der Waals surface area (Å²) >= 11 is 0. The molecule has 1 aromatic heterocycles. The summed E-state index contributed by atoms with van der Waals surface area (Å²) in [5, 5.41) is 3.83. The summed E-state index contributed by atoms with van der Waals surface area (Å²) in [5.74, 6) is -0.453. The number of nitrogens with one attached hydrogen (secondary N) is 1. The molecule has 1 aliphatic rings. The summed E-state index contributed by atoms with van der Waals surface area (Å²) < 4.78 is 39.8. The second-order valence-corrected chi connectivity index (χ2v) is 8.95. The van der Waals surface area contributed by atoms with Crippen LogP contribution in [0.25, 0.3) is 10.9 Å². The fourth-order valence-electron chi connectivity index (χ4n) is 3.48. The predicted octanol–water partition coefficient (Wildman–Crippen LogP) is 3.41. The quantitative estimate of drug-likeness (QED) is 0.711. The Morgan fingerprint density at radius 2 is 1.69 bits per heavy atom. The molecule has 1 N–H and O–H groups in total. The van der Waals surface area contributed by atoms with Crippen molar-refractivity contribution in [3.05, 3.63) is 66.5 Å². The normalized spacial score (nSPS) is 16.0. The van der Waals surface area contributed by atoms with E-state index in [0.717, 1.165) is 23.0 Å². The van der Waals surface area contributed by atoms with Crippen molar-refractivity contribution < 1.29 is 17.6 Å². The Morgan fingerprint density at radius 1 is 1.00 bits per heavy atom. The van der Waals surface area contributed by atoms with Gasteiger partial charge in [-0.15, -0.1) is 0 Å². The van der Waals surface area contributed by atoms with Crippen molar-refractivity contribution in [2.75, 3.05) is 18.4 Å². The number of sulfonamides is 1. The van der Waals surface area contributed by atoms with Crippen LogP contribution in [0, 0.1) is 11.7 Å². The van der Waals surface area contributed by atoms with Gasteiger partial charge in [0.15, 0.2) is 0 Å². The van der Waals surface area contributed by atoms with Gasteiger partial charge >= 0.3 is 0 Å². The zero-order valence-corrected chi connectivity index (χ0v) is 16.4. The molecule has 2 aromatic carbocycles. The van der Waals surface area contributed by atoms with Gasteiger partial charge < -0.3 is 5.32 Å². The van der Waals surface area contributed by atoms with E-state index >= 15 is 0 Å². The molecule has 1 aliphatic heterocycles. The molecule has 8 heteroatoms. The highest BCUT2D eigenvalue weighted by molar-refractivity contribution is 7.89. The molecule has 0 unspecified atom stereocenters. The zero-order valence-electron chi connectivity index (χ0n) is 15.6. The fraction of sp³-hybridized carbons (Fsp3) is 0.238. The lowest BCUT2D eigenvalue weighted by molar-refractivity contribution is -0.120. The number of benzene rings is 2. The van der Waals surface area contributed by atoms with E-state index in [1.807, 2.05) is 30.3 Å². The summed E-state index contributed by atoms with van der Waals surface area (Å²) in [6, 6.07) is 16.1. The maximum Gasteiger partial charge on any atom is 0.243 e. The highest BCUT2D eigenvalue weighted by Gasteiger charge is 2.32. The lowest BCUT2D eigenvalue weighted by Gasteiger charge is -2.30. The molecule has 1 fully saturated rings. The number of hydrogen-bond donors (Lipinski definition) is 1. The molecule has 1 saturated heterocycles. The number of anilines is 1. The Labute approximate surface area is 168 Å². The Kier molecular flexibility index (Phi) is 5.29. The standard InChI is InChI=1S/C21H20FN3O3S/c22-17-6-8-18(9-7-17)29(27,28)25-13-11-16(12-14-25)21(26)24-20-10-5-15-3-1-2-4-19(15)23-20/h1-10,16H,11-14H2,(H,23,24,26). The van der Waals surface area contributed by atoms with E-state index < -0.39 is 15.8 Å². The Bertz CT molecular complexity index is 1140. The number of para-hydroxylation sites is 1. The molecule has 0 aliphatic carbocycles. The number of hydrogen-bond acceptors (Lipinski definition) is 4. The van der Waals surface area contributed by atoms with Crippen molar-refractivity contribution in [2.24, 2.45) is 5.92 Å². The van der Waals surface area contributed by atoms with Crippen LogP contribution in [0.1, 0.15) is 12.8 Å². The first kappa shape index (κ1) is 19.5. The smallest absolute Gasteiger partial charge is 0.243 e. The van der Waals surface area contributed by atoms with Gasteiger partial charge in [0.25, 0.3) is 0 Å². The van der Waals surface area contributed by atoms with Gasteiger partial charge in [0.2, 0.25) is 15.9 Å². The molecule has 0 radical (unpaired) electrons. The van der Waals surface area contributed by atoms with Gasteiger partial charge in [-0.05, 0) is 55.3 Å². The van der Waals surface area contributed by atoms with Gasteiger partial charge in [-0.1, -0.05) is 18.2 Å². The minimum atomic E-state index is -3.69. The number of halogens is 1. The maximum atomic E-state index is 13.1. The van der Waals surface area contributed by atoms with Crippen LogP contribution in [-0.2, 0) is 14.8 Å². The highest BCUT2D eigenvalue weighted by atomic mass is 32.2. The first-order valence-electron chi connectivity index (χ1n) is 9.36. The molecule has 29 heavy (non-hydrogen) atoms. The van der Waals surface area contributed by atoms with E-state index in [0.29, 0.717) is 18.7 Å². The molecule has 2 heterocycles. The van der Waals surface area contributed by atoms with Gasteiger partial charge in [-0.3, -0.25) is 4.79 Å². The molecule has 0 saturated carbocycles. The van der Waals surface area contributed by atoms with E-state index in [4.69, 9.17) is 0 Å². The molecule has 4 rings (SSSR count). The molecule has 0 spiro atoms. The van der Waals surface area contributed by atoms with Crippen molar-refractivity contribution in [3.63, 3.8) is 0 Å². The SMILES string of the molecule is O=C(Nc1ccc2ccccc2n1)C1CCN(S(=O)(=O)c2ccc(F)cc2)CC1. The third-order valence-corrected chi connectivity index (χ3v) is 7.04. The predicted molar refractivity (Wildman–Crippen MR) is 108 cm³/mol. The second-order valence-electron chi connectivity index (χ2n) is 7.01.